The van der Waals surface area contributed by atoms with Crippen molar-refractivity contribution in [3.63, 3.8) is 0 Å². The van der Waals surface area contributed by atoms with E-state index in [1.165, 1.54) is 32.1 Å². The number of nitrogens with zero attached hydrogens (tertiary/aromatic N) is 4. The Kier molecular flexibility index (Phi) is 9.51. The van der Waals surface area contributed by atoms with E-state index in [2.05, 4.69) is 20.3 Å². The van der Waals surface area contributed by atoms with Crippen molar-refractivity contribution in [3.05, 3.63) is 83.4 Å². The molecule has 1 aliphatic heterocycles. The summed E-state index contributed by atoms with van der Waals surface area (Å²) in [4.78, 5) is 20.6. The summed E-state index contributed by atoms with van der Waals surface area (Å²) in [5.41, 5.74) is 1.46. The predicted octanol–water partition coefficient (Wildman–Crippen LogP) is 6.15. The minimum Gasteiger partial charge on any atom is -0.385 e. The van der Waals surface area contributed by atoms with Crippen LogP contribution in [0.15, 0.2) is 67.3 Å². The first-order valence-electron chi connectivity index (χ1n) is 16.3. The predicted molar refractivity (Wildman–Crippen MR) is 170 cm³/mol. The van der Waals surface area contributed by atoms with Crippen molar-refractivity contribution in [1.29, 1.82) is 0 Å². The number of benzene rings is 2. The zero-order chi connectivity index (χ0) is 29.7. The molecule has 2 N–H and O–H groups in total. The van der Waals surface area contributed by atoms with E-state index in [1.54, 1.807) is 6.33 Å². The third kappa shape index (κ3) is 7.16. The van der Waals surface area contributed by atoms with E-state index in [0.717, 1.165) is 56.4 Å². The molecule has 2 aliphatic carbocycles. The van der Waals surface area contributed by atoms with Crippen molar-refractivity contribution in [1.82, 2.24) is 25.0 Å². The largest absolute Gasteiger partial charge is 0.385 e. The highest BCUT2D eigenvalue weighted by Gasteiger charge is 2.44. The Morgan fingerprint density at radius 1 is 0.953 bits per heavy atom. The maximum Gasteiger partial charge on any atom is 0.240 e. The van der Waals surface area contributed by atoms with Crippen LogP contribution in [-0.2, 0) is 23.4 Å². The monoisotopic (exact) mass is 603 g/mol. The van der Waals surface area contributed by atoms with Crippen LogP contribution in [-0.4, -0.2) is 55.9 Å². The normalized spacial score (nSPS) is 25.3. The molecule has 2 saturated carbocycles. The third-order valence-electron chi connectivity index (χ3n) is 10.7. The van der Waals surface area contributed by atoms with E-state index in [-0.39, 0.29) is 23.4 Å². The molecule has 7 nitrogen and oxygen atoms in total. The quantitative estimate of drug-likeness (QED) is 0.306. The molecule has 0 unspecified atom stereocenters. The van der Waals surface area contributed by atoms with Gasteiger partial charge in [0.25, 0.3) is 0 Å². The Balaban J connectivity index is 1.14. The average Bonchev–Trinajstić information content (AvgIpc) is 3.56. The fourth-order valence-corrected chi connectivity index (χ4v) is 8.22. The molecule has 43 heavy (non-hydrogen) atoms. The van der Waals surface area contributed by atoms with Crippen molar-refractivity contribution >= 4 is 17.5 Å². The maximum absolute atomic E-state index is 14.3. The Morgan fingerprint density at radius 3 is 2.30 bits per heavy atom. The van der Waals surface area contributed by atoms with E-state index in [4.69, 9.17) is 11.6 Å². The molecule has 2 aromatic carbocycles. The third-order valence-corrected chi connectivity index (χ3v) is 10.9. The highest BCUT2D eigenvalue weighted by molar-refractivity contribution is 6.30. The SMILES string of the molecule is O=C([C@@H](Cc1ccc(Cl)cc1)N[C@H]1CC[C@@](O)(c2ccccc2)CC1)N1CCC(Cn2cncn2)(C2CCCCC2)CC1. The van der Waals surface area contributed by atoms with Gasteiger partial charge in [0, 0.05) is 30.7 Å². The lowest BCUT2D eigenvalue weighted by Gasteiger charge is -2.48. The molecule has 0 spiro atoms. The number of amides is 1. The van der Waals surface area contributed by atoms with Gasteiger partial charge in [0.05, 0.1) is 11.6 Å². The molecule has 1 aromatic heterocycles. The summed E-state index contributed by atoms with van der Waals surface area (Å²) in [6, 6.07) is 17.8. The van der Waals surface area contributed by atoms with Gasteiger partial charge in [-0.15, -0.1) is 0 Å². The lowest BCUT2D eigenvalue weighted by atomic mass is 9.63. The van der Waals surface area contributed by atoms with E-state index >= 15 is 0 Å². The first-order valence-corrected chi connectivity index (χ1v) is 16.7. The van der Waals surface area contributed by atoms with E-state index in [1.807, 2.05) is 65.6 Å². The van der Waals surface area contributed by atoms with Gasteiger partial charge in [0.1, 0.15) is 12.7 Å². The number of carbonyl (C=O) groups excluding carboxylic acids is 1. The zero-order valence-electron chi connectivity index (χ0n) is 25.2. The van der Waals surface area contributed by atoms with Gasteiger partial charge >= 0.3 is 0 Å². The molecular formula is C35H46ClN5O2. The molecule has 1 amide bonds. The molecule has 3 aliphatic rings. The van der Waals surface area contributed by atoms with Gasteiger partial charge < -0.3 is 15.3 Å². The summed E-state index contributed by atoms with van der Waals surface area (Å²) < 4.78 is 2.01. The summed E-state index contributed by atoms with van der Waals surface area (Å²) in [5.74, 6) is 0.869. The molecule has 3 aromatic rings. The van der Waals surface area contributed by atoms with Gasteiger partial charge in [-0.25, -0.2) is 4.98 Å². The van der Waals surface area contributed by atoms with Gasteiger partial charge in [0.2, 0.25) is 5.91 Å². The van der Waals surface area contributed by atoms with Crippen molar-refractivity contribution in [2.45, 2.75) is 101 Å². The Morgan fingerprint density at radius 2 is 1.65 bits per heavy atom. The van der Waals surface area contributed by atoms with Crippen LogP contribution in [0, 0.1) is 11.3 Å². The number of carbonyl (C=O) groups is 1. The van der Waals surface area contributed by atoms with E-state index in [0.29, 0.717) is 30.2 Å². The molecule has 0 bridgehead atoms. The second-order valence-electron chi connectivity index (χ2n) is 13.3. The number of rotatable bonds is 9. The molecule has 8 heteroatoms. The first-order chi connectivity index (χ1) is 20.9. The smallest absolute Gasteiger partial charge is 0.240 e. The van der Waals surface area contributed by atoms with E-state index in [9.17, 15) is 9.90 Å². The standard InChI is InChI=1S/C35H46ClN5O2/c36-30-13-11-27(12-14-30)23-32(39-31-15-17-35(43,18-16-31)29-9-5-2-6-10-29)33(42)40-21-19-34(20-22-40,24-41-26-37-25-38-41)28-7-3-1-4-8-28/h2,5-6,9-14,25-26,28,31-32,39,43H,1,3-4,7-8,15-24H2/t31-,32-,35-/m1/s1. The lowest BCUT2D eigenvalue weighted by molar-refractivity contribution is -0.137. The number of likely N-dealkylation sites (tertiary alicyclic amines) is 1. The van der Waals surface area contributed by atoms with Crippen LogP contribution in [0.1, 0.15) is 81.8 Å². The minimum absolute atomic E-state index is 0.162. The van der Waals surface area contributed by atoms with Crippen LogP contribution in [0.3, 0.4) is 0 Å². The van der Waals surface area contributed by atoms with Gasteiger partial charge in [-0.3, -0.25) is 9.48 Å². The molecule has 0 radical (unpaired) electrons. The lowest BCUT2D eigenvalue weighted by Crippen LogP contribution is -2.56. The number of nitrogens with one attached hydrogen (secondary N) is 1. The number of aromatic nitrogens is 3. The molecule has 2 heterocycles. The number of aliphatic hydroxyl groups is 1. The maximum atomic E-state index is 14.3. The first kappa shape index (κ1) is 30.3. The molecular weight excluding hydrogens is 558 g/mol. The molecule has 230 valence electrons. The van der Waals surface area contributed by atoms with Crippen LogP contribution in [0.5, 0.6) is 0 Å². The summed E-state index contributed by atoms with van der Waals surface area (Å²) in [7, 11) is 0. The zero-order valence-corrected chi connectivity index (χ0v) is 26.0. The number of halogens is 1. The number of hydrogen-bond acceptors (Lipinski definition) is 5. The van der Waals surface area contributed by atoms with Crippen LogP contribution in [0.4, 0.5) is 0 Å². The van der Waals surface area contributed by atoms with Crippen LogP contribution < -0.4 is 5.32 Å². The number of piperidine rings is 1. The van der Waals surface area contributed by atoms with Crippen molar-refractivity contribution < 1.29 is 9.90 Å². The van der Waals surface area contributed by atoms with Crippen molar-refractivity contribution in [2.75, 3.05) is 13.1 Å². The summed E-state index contributed by atoms with van der Waals surface area (Å²) in [5, 5.41) is 20.3. The second kappa shape index (κ2) is 13.5. The second-order valence-corrected chi connectivity index (χ2v) is 13.8. The van der Waals surface area contributed by atoms with Gasteiger partial charge in [-0.2, -0.15) is 5.10 Å². The average molecular weight is 604 g/mol. The summed E-state index contributed by atoms with van der Waals surface area (Å²) in [6.07, 6.45) is 15.6. The summed E-state index contributed by atoms with van der Waals surface area (Å²) >= 11 is 6.18. The molecule has 1 atom stereocenters. The van der Waals surface area contributed by atoms with Crippen LogP contribution in [0.25, 0.3) is 0 Å². The molecule has 3 fully saturated rings. The fourth-order valence-electron chi connectivity index (χ4n) is 8.10. The topological polar surface area (TPSA) is 83.3 Å². The highest BCUT2D eigenvalue weighted by atomic mass is 35.5. The fraction of sp³-hybridized carbons (Fsp3) is 0.571. The van der Waals surface area contributed by atoms with Gasteiger partial charge in [0.15, 0.2) is 0 Å². The summed E-state index contributed by atoms with van der Waals surface area (Å²) in [6.45, 7) is 2.45. The Hall–Kier alpha value is -2.74. The van der Waals surface area contributed by atoms with Gasteiger partial charge in [-0.05, 0) is 92.4 Å². The Bertz CT molecular complexity index is 1290. The van der Waals surface area contributed by atoms with E-state index < -0.39 is 5.60 Å². The van der Waals surface area contributed by atoms with Crippen LogP contribution >= 0.6 is 11.6 Å². The van der Waals surface area contributed by atoms with Crippen LogP contribution in [0.2, 0.25) is 5.02 Å². The molecule has 1 saturated heterocycles. The Labute approximate surface area is 261 Å². The van der Waals surface area contributed by atoms with Crippen molar-refractivity contribution in [2.24, 2.45) is 11.3 Å². The number of hydrogen-bond donors (Lipinski definition) is 2. The minimum atomic E-state index is -0.797. The van der Waals surface area contributed by atoms with Gasteiger partial charge in [-0.1, -0.05) is 73.3 Å². The highest BCUT2D eigenvalue weighted by Crippen LogP contribution is 2.47. The molecule has 6 rings (SSSR count). The van der Waals surface area contributed by atoms with Crippen molar-refractivity contribution in [3.8, 4) is 0 Å².